The zero-order chi connectivity index (χ0) is 18.4. The first-order valence-electron chi connectivity index (χ1n) is 8.72. The number of hydrazone groups is 1. The van der Waals surface area contributed by atoms with Crippen LogP contribution in [0.15, 0.2) is 69.6 Å². The van der Waals surface area contributed by atoms with Crippen molar-refractivity contribution in [3.63, 3.8) is 0 Å². The topological polar surface area (TPSA) is 34.1 Å². The second kappa shape index (κ2) is 6.69. The Morgan fingerprint density at radius 2 is 2.04 bits per heavy atom. The standard InChI is InChI=1S/C21H17BrN2O2S/c1-25-15-7-4-13(5-8-15)17-12-18-16-11-14(22)6-9-19(16)26-21(24(18)23-17)20-3-2-10-27-20/h2-11,18,21H,12H2,1H3/t18-,21-/m1/s1. The van der Waals surface area contributed by atoms with E-state index in [0.717, 1.165) is 38.5 Å². The van der Waals surface area contributed by atoms with Crippen molar-refractivity contribution in [2.24, 2.45) is 5.10 Å². The smallest absolute Gasteiger partial charge is 0.222 e. The van der Waals surface area contributed by atoms with E-state index in [1.807, 2.05) is 24.3 Å². The summed E-state index contributed by atoms with van der Waals surface area (Å²) in [7, 11) is 1.68. The predicted molar refractivity (Wildman–Crippen MR) is 111 cm³/mol. The fourth-order valence-corrected chi connectivity index (χ4v) is 4.76. The van der Waals surface area contributed by atoms with Gasteiger partial charge in [-0.05, 0) is 59.5 Å². The first-order valence-corrected chi connectivity index (χ1v) is 10.4. The van der Waals surface area contributed by atoms with E-state index >= 15 is 0 Å². The maximum Gasteiger partial charge on any atom is 0.222 e. The summed E-state index contributed by atoms with van der Waals surface area (Å²) in [4.78, 5) is 1.16. The van der Waals surface area contributed by atoms with Gasteiger partial charge in [0.25, 0.3) is 0 Å². The van der Waals surface area contributed by atoms with Gasteiger partial charge in [-0.25, -0.2) is 5.01 Å². The van der Waals surface area contributed by atoms with Crippen molar-refractivity contribution in [3.05, 3.63) is 80.5 Å². The lowest BCUT2D eigenvalue weighted by molar-refractivity contribution is -0.0166. The summed E-state index contributed by atoms with van der Waals surface area (Å²) < 4.78 is 12.7. The van der Waals surface area contributed by atoms with E-state index in [2.05, 4.69) is 56.7 Å². The number of halogens is 1. The van der Waals surface area contributed by atoms with Gasteiger partial charge in [-0.2, -0.15) is 5.10 Å². The Balaban J connectivity index is 1.57. The summed E-state index contributed by atoms with van der Waals surface area (Å²) in [5, 5.41) is 9.17. The van der Waals surface area contributed by atoms with Crippen molar-refractivity contribution >= 4 is 33.0 Å². The minimum Gasteiger partial charge on any atom is -0.497 e. The van der Waals surface area contributed by atoms with Crippen molar-refractivity contribution < 1.29 is 9.47 Å². The zero-order valence-electron chi connectivity index (χ0n) is 14.6. The molecular weight excluding hydrogens is 424 g/mol. The molecule has 0 saturated carbocycles. The Morgan fingerprint density at radius 1 is 1.19 bits per heavy atom. The number of methoxy groups -OCH3 is 1. The normalized spacial score (nSPS) is 20.5. The van der Waals surface area contributed by atoms with Crippen LogP contribution in [-0.2, 0) is 0 Å². The molecule has 0 amide bonds. The number of hydrogen-bond acceptors (Lipinski definition) is 5. The van der Waals surface area contributed by atoms with E-state index in [4.69, 9.17) is 14.6 Å². The number of rotatable bonds is 3. The molecule has 0 bridgehead atoms. The summed E-state index contributed by atoms with van der Waals surface area (Å²) >= 11 is 5.29. The van der Waals surface area contributed by atoms with E-state index in [9.17, 15) is 0 Å². The predicted octanol–water partition coefficient (Wildman–Crippen LogP) is 5.76. The molecule has 0 N–H and O–H groups in total. The molecule has 27 heavy (non-hydrogen) atoms. The van der Waals surface area contributed by atoms with Crippen LogP contribution in [0.3, 0.4) is 0 Å². The van der Waals surface area contributed by atoms with Crippen LogP contribution < -0.4 is 9.47 Å². The van der Waals surface area contributed by atoms with E-state index in [1.54, 1.807) is 18.4 Å². The van der Waals surface area contributed by atoms with E-state index in [1.165, 1.54) is 5.56 Å². The van der Waals surface area contributed by atoms with Gasteiger partial charge in [-0.3, -0.25) is 0 Å². The average molecular weight is 441 g/mol. The molecule has 4 nitrogen and oxygen atoms in total. The van der Waals surface area contributed by atoms with Gasteiger partial charge in [0.15, 0.2) is 0 Å². The van der Waals surface area contributed by atoms with Crippen LogP contribution >= 0.6 is 27.3 Å². The van der Waals surface area contributed by atoms with Gasteiger partial charge in [0.05, 0.1) is 23.7 Å². The molecule has 0 unspecified atom stereocenters. The Bertz CT molecular complexity index is 1000. The molecule has 0 fully saturated rings. The van der Waals surface area contributed by atoms with Crippen LogP contribution in [0.2, 0.25) is 0 Å². The van der Waals surface area contributed by atoms with E-state index < -0.39 is 0 Å². The van der Waals surface area contributed by atoms with Crippen molar-refractivity contribution in [2.45, 2.75) is 18.7 Å². The summed E-state index contributed by atoms with van der Waals surface area (Å²) in [6, 6.07) is 18.6. The van der Waals surface area contributed by atoms with Gasteiger partial charge in [-0.15, -0.1) is 11.3 Å². The van der Waals surface area contributed by atoms with Gasteiger partial charge in [0.1, 0.15) is 11.5 Å². The number of thiophene rings is 1. The van der Waals surface area contributed by atoms with Crippen LogP contribution in [0, 0.1) is 0 Å². The third kappa shape index (κ3) is 2.93. The monoisotopic (exact) mass is 440 g/mol. The van der Waals surface area contributed by atoms with Gasteiger partial charge >= 0.3 is 0 Å². The minimum absolute atomic E-state index is 0.162. The second-order valence-corrected chi connectivity index (χ2v) is 8.44. The number of fused-ring (bicyclic) bond motifs is 3. The lowest BCUT2D eigenvalue weighted by Gasteiger charge is -2.37. The van der Waals surface area contributed by atoms with Crippen molar-refractivity contribution in [1.82, 2.24) is 5.01 Å². The van der Waals surface area contributed by atoms with Crippen molar-refractivity contribution in [3.8, 4) is 11.5 Å². The Morgan fingerprint density at radius 3 is 2.78 bits per heavy atom. The minimum atomic E-state index is -0.195. The number of ether oxygens (including phenoxy) is 2. The van der Waals surface area contributed by atoms with Crippen LogP contribution in [0.25, 0.3) is 0 Å². The number of benzene rings is 2. The number of nitrogens with zero attached hydrogens (tertiary/aromatic N) is 2. The lowest BCUT2D eigenvalue weighted by atomic mass is 9.96. The Hall–Kier alpha value is -2.31. The lowest BCUT2D eigenvalue weighted by Crippen LogP contribution is -2.33. The van der Waals surface area contributed by atoms with Gasteiger partial charge < -0.3 is 9.47 Å². The molecule has 0 saturated heterocycles. The van der Waals surface area contributed by atoms with Crippen molar-refractivity contribution in [2.75, 3.05) is 7.11 Å². The summed E-state index contributed by atoms with van der Waals surface area (Å²) in [6.07, 6.45) is 0.653. The molecule has 2 aliphatic rings. The van der Waals surface area contributed by atoms with Crippen LogP contribution in [0.4, 0.5) is 0 Å². The largest absolute Gasteiger partial charge is 0.497 e. The molecule has 5 rings (SSSR count). The zero-order valence-corrected chi connectivity index (χ0v) is 17.0. The van der Waals surface area contributed by atoms with Gasteiger partial charge in [0, 0.05) is 16.5 Å². The van der Waals surface area contributed by atoms with Gasteiger partial charge in [-0.1, -0.05) is 22.0 Å². The molecule has 136 valence electrons. The van der Waals surface area contributed by atoms with E-state index in [0.29, 0.717) is 0 Å². The highest BCUT2D eigenvalue weighted by Gasteiger charge is 2.41. The van der Waals surface area contributed by atoms with Gasteiger partial charge in [0.2, 0.25) is 6.23 Å². The summed E-state index contributed by atoms with van der Waals surface area (Å²) in [5.41, 5.74) is 3.36. The quantitative estimate of drug-likeness (QED) is 0.518. The highest BCUT2D eigenvalue weighted by Crippen LogP contribution is 2.48. The fraction of sp³-hybridized carbons (Fsp3) is 0.190. The van der Waals surface area contributed by atoms with Crippen LogP contribution in [0.5, 0.6) is 11.5 Å². The molecule has 0 radical (unpaired) electrons. The third-order valence-corrected chi connectivity index (χ3v) is 6.36. The van der Waals surface area contributed by atoms with Crippen LogP contribution in [-0.4, -0.2) is 17.8 Å². The molecule has 6 heteroatoms. The average Bonchev–Trinajstić information content (AvgIpc) is 3.38. The molecule has 0 aliphatic carbocycles. The first-order chi connectivity index (χ1) is 13.2. The second-order valence-electron chi connectivity index (χ2n) is 6.54. The molecule has 2 aliphatic heterocycles. The molecule has 3 aromatic rings. The van der Waals surface area contributed by atoms with Crippen molar-refractivity contribution in [1.29, 1.82) is 0 Å². The summed E-state index contributed by atoms with van der Waals surface area (Å²) in [6.45, 7) is 0. The molecule has 1 aromatic heterocycles. The molecule has 3 heterocycles. The molecule has 0 spiro atoms. The molecule has 2 atom stereocenters. The van der Waals surface area contributed by atoms with Crippen LogP contribution in [0.1, 0.15) is 34.7 Å². The molecule has 2 aromatic carbocycles. The highest BCUT2D eigenvalue weighted by molar-refractivity contribution is 9.10. The van der Waals surface area contributed by atoms with E-state index in [-0.39, 0.29) is 12.3 Å². The third-order valence-electron chi connectivity index (χ3n) is 4.96. The summed E-state index contributed by atoms with van der Waals surface area (Å²) in [5.74, 6) is 1.79. The SMILES string of the molecule is COc1ccc(C2=NN3[C@H](C2)c2cc(Br)ccc2O[C@@H]3c2cccs2)cc1. The maximum atomic E-state index is 6.35. The fourth-order valence-electron chi connectivity index (χ4n) is 3.64. The first kappa shape index (κ1) is 16.8. The Kier molecular flexibility index (Phi) is 4.17. The Labute approximate surface area is 170 Å². The number of hydrogen-bond donors (Lipinski definition) is 0. The molecular formula is C21H17BrN2O2S. The highest BCUT2D eigenvalue weighted by atomic mass is 79.9. The maximum absolute atomic E-state index is 6.35.